The molecule has 1 aromatic heterocycles. The molecule has 0 bridgehead atoms. The van der Waals surface area contributed by atoms with Crippen molar-refractivity contribution < 1.29 is 0 Å². The molecule has 290 valence electrons. The molecule has 0 aliphatic heterocycles. The van der Waals surface area contributed by atoms with Crippen molar-refractivity contribution >= 4 is 71.2 Å². The van der Waals surface area contributed by atoms with E-state index in [2.05, 4.69) is 252 Å². The number of nitrogens with zero attached hydrogens (tertiary/aromatic N) is 2. The minimum atomic E-state index is 1.08. The normalized spacial score (nSPS) is 11.5. The first-order chi connectivity index (χ1) is 30.7. The smallest absolute Gasteiger partial charge is 0.0541 e. The van der Waals surface area contributed by atoms with Crippen molar-refractivity contribution in [1.82, 2.24) is 4.57 Å². The molecule has 62 heavy (non-hydrogen) atoms. The summed E-state index contributed by atoms with van der Waals surface area (Å²) in [5.74, 6) is 0. The molecule has 0 aliphatic rings. The predicted molar refractivity (Wildman–Crippen MR) is 264 cm³/mol. The third-order valence-electron chi connectivity index (χ3n) is 12.6. The summed E-state index contributed by atoms with van der Waals surface area (Å²) in [5, 5.41) is 10.1. The number of rotatable bonds is 7. The molecule has 12 aromatic rings. The van der Waals surface area contributed by atoms with Crippen LogP contribution in [-0.4, -0.2) is 4.57 Å². The number of hydrogen-bond donors (Lipinski definition) is 0. The number of aromatic nitrogens is 1. The van der Waals surface area contributed by atoms with Crippen LogP contribution in [0.1, 0.15) is 0 Å². The van der Waals surface area contributed by atoms with Crippen molar-refractivity contribution in [1.29, 1.82) is 0 Å². The van der Waals surface area contributed by atoms with Crippen molar-refractivity contribution in [3.63, 3.8) is 0 Å². The van der Waals surface area contributed by atoms with Crippen molar-refractivity contribution in [3.05, 3.63) is 243 Å². The lowest BCUT2D eigenvalue weighted by molar-refractivity contribution is 1.17. The molecular weight excluding hydrogens is 749 g/mol. The van der Waals surface area contributed by atoms with Crippen LogP contribution >= 0.6 is 0 Å². The lowest BCUT2D eigenvalue weighted by Crippen LogP contribution is -2.10. The summed E-state index contributed by atoms with van der Waals surface area (Å²) >= 11 is 0. The highest BCUT2D eigenvalue weighted by Gasteiger charge is 2.18. The van der Waals surface area contributed by atoms with Crippen LogP contribution in [0.4, 0.5) is 17.1 Å². The van der Waals surface area contributed by atoms with Crippen LogP contribution in [-0.2, 0) is 0 Å². The number of benzene rings is 11. The van der Waals surface area contributed by atoms with E-state index in [1.165, 1.54) is 87.5 Å². The first kappa shape index (κ1) is 35.7. The highest BCUT2D eigenvalue weighted by molar-refractivity contribution is 6.12. The summed E-state index contributed by atoms with van der Waals surface area (Å²) in [4.78, 5) is 2.40. The fourth-order valence-electron chi connectivity index (χ4n) is 9.55. The van der Waals surface area contributed by atoms with Gasteiger partial charge in [0.05, 0.1) is 11.0 Å². The standard InChI is InChI=1S/C60H40N2/c1-2-14-46-38-47(31-30-41(46)12-1)44-28-26-42(27-29-44)43-32-35-49(36-33-43)61(51-17-10-18-52(40-51)62-59-24-7-5-20-57(59)58-21-6-8-25-60(58)62)50-16-9-15-48(39-50)54-22-11-23-55-53-19-4-3-13-45(53)34-37-56(54)55/h1-40H. The summed E-state index contributed by atoms with van der Waals surface area (Å²) in [7, 11) is 0. The van der Waals surface area contributed by atoms with Gasteiger partial charge in [-0.1, -0.05) is 182 Å². The van der Waals surface area contributed by atoms with Crippen LogP contribution in [0, 0.1) is 0 Å². The molecule has 0 atom stereocenters. The number of anilines is 3. The van der Waals surface area contributed by atoms with Crippen LogP contribution in [0.5, 0.6) is 0 Å². The average Bonchev–Trinajstić information content (AvgIpc) is 3.69. The van der Waals surface area contributed by atoms with E-state index in [4.69, 9.17) is 0 Å². The van der Waals surface area contributed by atoms with Gasteiger partial charge in [0, 0.05) is 33.5 Å². The Morgan fingerprint density at radius 2 is 0.790 bits per heavy atom. The van der Waals surface area contributed by atoms with E-state index in [1.807, 2.05) is 0 Å². The van der Waals surface area contributed by atoms with E-state index in [0.717, 1.165) is 22.7 Å². The van der Waals surface area contributed by atoms with Gasteiger partial charge in [-0.15, -0.1) is 0 Å². The minimum Gasteiger partial charge on any atom is -0.310 e. The highest BCUT2D eigenvalue weighted by Crippen LogP contribution is 2.41. The topological polar surface area (TPSA) is 8.17 Å². The molecular formula is C60H40N2. The van der Waals surface area contributed by atoms with E-state index in [1.54, 1.807) is 0 Å². The molecule has 0 amide bonds. The molecule has 0 saturated heterocycles. The van der Waals surface area contributed by atoms with E-state index >= 15 is 0 Å². The average molecular weight is 789 g/mol. The summed E-state index contributed by atoms with van der Waals surface area (Å²) in [6, 6.07) is 88.5. The Bertz CT molecular complexity index is 3580. The fraction of sp³-hybridized carbons (Fsp3) is 0. The van der Waals surface area contributed by atoms with E-state index in [9.17, 15) is 0 Å². The molecule has 0 N–H and O–H groups in total. The zero-order chi connectivity index (χ0) is 41.0. The Hall–Kier alpha value is -8.20. The molecule has 2 heteroatoms. The molecule has 12 rings (SSSR count). The molecule has 1 heterocycles. The second-order valence-corrected chi connectivity index (χ2v) is 16.1. The van der Waals surface area contributed by atoms with Crippen LogP contribution in [0.2, 0.25) is 0 Å². The Morgan fingerprint density at radius 3 is 1.53 bits per heavy atom. The first-order valence-corrected chi connectivity index (χ1v) is 21.3. The quantitative estimate of drug-likeness (QED) is 0.146. The van der Waals surface area contributed by atoms with Crippen molar-refractivity contribution in [2.75, 3.05) is 4.90 Å². The summed E-state index contributed by atoms with van der Waals surface area (Å²) in [6.45, 7) is 0. The van der Waals surface area contributed by atoms with Gasteiger partial charge in [0.25, 0.3) is 0 Å². The molecule has 0 radical (unpaired) electrons. The lowest BCUT2D eigenvalue weighted by atomic mass is 9.94. The van der Waals surface area contributed by atoms with Crippen molar-refractivity contribution in [3.8, 4) is 39.1 Å². The van der Waals surface area contributed by atoms with Crippen LogP contribution in [0.25, 0.3) is 93.2 Å². The zero-order valence-electron chi connectivity index (χ0n) is 34.0. The summed E-state index contributed by atoms with van der Waals surface area (Å²) in [6.07, 6.45) is 0. The zero-order valence-corrected chi connectivity index (χ0v) is 34.0. The van der Waals surface area contributed by atoms with Crippen molar-refractivity contribution in [2.24, 2.45) is 0 Å². The maximum absolute atomic E-state index is 2.40. The molecule has 0 saturated carbocycles. The van der Waals surface area contributed by atoms with E-state index in [-0.39, 0.29) is 0 Å². The third kappa shape index (κ3) is 6.12. The first-order valence-electron chi connectivity index (χ1n) is 21.3. The van der Waals surface area contributed by atoms with Crippen LogP contribution < -0.4 is 4.90 Å². The summed E-state index contributed by atoms with van der Waals surface area (Å²) in [5.41, 5.74) is 14.0. The van der Waals surface area contributed by atoms with E-state index in [0.29, 0.717) is 0 Å². The molecule has 0 aliphatic carbocycles. The molecule has 0 fully saturated rings. The number of fused-ring (bicyclic) bond motifs is 7. The van der Waals surface area contributed by atoms with Gasteiger partial charge in [0.2, 0.25) is 0 Å². The Kier molecular flexibility index (Phi) is 8.53. The molecule has 11 aromatic carbocycles. The maximum Gasteiger partial charge on any atom is 0.0541 e. The van der Waals surface area contributed by atoms with Gasteiger partial charge in [-0.3, -0.25) is 0 Å². The van der Waals surface area contributed by atoms with Gasteiger partial charge in [-0.2, -0.15) is 0 Å². The number of hydrogen-bond acceptors (Lipinski definition) is 1. The minimum absolute atomic E-state index is 1.08. The largest absolute Gasteiger partial charge is 0.310 e. The van der Waals surface area contributed by atoms with Gasteiger partial charge >= 0.3 is 0 Å². The van der Waals surface area contributed by atoms with Crippen molar-refractivity contribution in [2.45, 2.75) is 0 Å². The van der Waals surface area contributed by atoms with Gasteiger partial charge in [0.15, 0.2) is 0 Å². The van der Waals surface area contributed by atoms with E-state index < -0.39 is 0 Å². The molecule has 0 spiro atoms. The van der Waals surface area contributed by atoms with Gasteiger partial charge in [-0.05, 0) is 126 Å². The van der Waals surface area contributed by atoms with Gasteiger partial charge < -0.3 is 9.47 Å². The maximum atomic E-state index is 2.40. The Morgan fingerprint density at radius 1 is 0.258 bits per heavy atom. The second kappa shape index (κ2) is 14.8. The molecule has 0 unspecified atom stereocenters. The highest BCUT2D eigenvalue weighted by atomic mass is 15.1. The fourth-order valence-corrected chi connectivity index (χ4v) is 9.55. The monoisotopic (exact) mass is 788 g/mol. The second-order valence-electron chi connectivity index (χ2n) is 16.1. The van der Waals surface area contributed by atoms with Gasteiger partial charge in [0.1, 0.15) is 0 Å². The molecule has 2 nitrogen and oxygen atoms in total. The Labute approximate surface area is 360 Å². The van der Waals surface area contributed by atoms with Crippen LogP contribution in [0.3, 0.4) is 0 Å². The SMILES string of the molecule is c1cc(-c2cccc3c2ccc2ccccc23)cc(N(c2ccc(-c3ccc(-c4ccc5ccccc5c4)cc3)cc2)c2cccc(-n3c4ccccc4c4ccccc43)c2)c1. The van der Waals surface area contributed by atoms with Gasteiger partial charge in [-0.25, -0.2) is 0 Å². The lowest BCUT2D eigenvalue weighted by Gasteiger charge is -2.27. The number of para-hydroxylation sites is 2. The third-order valence-corrected chi connectivity index (χ3v) is 12.6. The summed E-state index contributed by atoms with van der Waals surface area (Å²) < 4.78 is 2.40. The predicted octanol–water partition coefficient (Wildman–Crippen LogP) is 16.7. The Balaban J connectivity index is 0.969. The van der Waals surface area contributed by atoms with Crippen LogP contribution in [0.15, 0.2) is 243 Å².